The second-order valence-electron chi connectivity index (χ2n) is 6.20. The van der Waals surface area contributed by atoms with Gasteiger partial charge in [-0.2, -0.15) is 5.10 Å². The zero-order chi connectivity index (χ0) is 20.5. The molecule has 0 atom stereocenters. The number of carbonyl (C=O) groups is 1. The lowest BCUT2D eigenvalue weighted by molar-refractivity contribution is -0.384. The fraction of sp³-hybridized carbons (Fsp3) is 0.0500. The average molecular weight is 390 g/mol. The van der Waals surface area contributed by atoms with Crippen LogP contribution in [0.4, 0.5) is 5.69 Å². The third-order valence-corrected chi connectivity index (χ3v) is 4.47. The van der Waals surface area contributed by atoms with Crippen LogP contribution >= 0.6 is 0 Å². The van der Waals surface area contributed by atoms with Crippen LogP contribution in [0.25, 0.3) is 33.5 Å². The van der Waals surface area contributed by atoms with Gasteiger partial charge in [-0.05, 0) is 18.2 Å². The third kappa shape index (κ3) is 3.25. The van der Waals surface area contributed by atoms with Gasteiger partial charge >= 0.3 is 5.97 Å². The maximum atomic E-state index is 12.0. The number of nitrogens with one attached hydrogen (secondary N) is 1. The Kier molecular flexibility index (Phi) is 4.40. The highest BCUT2D eigenvalue weighted by atomic mass is 16.6. The Labute approximate surface area is 163 Å². The molecule has 0 spiro atoms. The molecule has 0 bridgehead atoms. The summed E-state index contributed by atoms with van der Waals surface area (Å²) in [6, 6.07) is 14.4. The molecule has 0 aliphatic heterocycles. The smallest absolute Gasteiger partial charge is 0.336 e. The maximum Gasteiger partial charge on any atom is 0.336 e. The van der Waals surface area contributed by atoms with Gasteiger partial charge in [0.15, 0.2) is 5.65 Å². The summed E-state index contributed by atoms with van der Waals surface area (Å²) in [6.07, 6.45) is 0. The van der Waals surface area contributed by atoms with E-state index in [1.165, 1.54) is 31.4 Å². The van der Waals surface area contributed by atoms with Gasteiger partial charge in [-0.15, -0.1) is 0 Å². The lowest BCUT2D eigenvalue weighted by Crippen LogP contribution is -2.00. The molecule has 9 heteroatoms. The van der Waals surface area contributed by atoms with E-state index in [0.29, 0.717) is 28.3 Å². The first-order chi connectivity index (χ1) is 14.0. The first kappa shape index (κ1) is 18.1. The quantitative estimate of drug-likeness (QED) is 0.390. The van der Waals surface area contributed by atoms with Crippen molar-refractivity contribution in [3.63, 3.8) is 0 Å². The van der Waals surface area contributed by atoms with E-state index in [9.17, 15) is 20.0 Å². The van der Waals surface area contributed by atoms with Crippen molar-refractivity contribution in [2.45, 2.75) is 0 Å². The lowest BCUT2D eigenvalue weighted by atomic mass is 10.0. The summed E-state index contributed by atoms with van der Waals surface area (Å²) >= 11 is 0. The average Bonchev–Trinajstić information content (AvgIpc) is 3.17. The van der Waals surface area contributed by atoms with Crippen LogP contribution < -0.4 is 4.74 Å². The molecule has 0 amide bonds. The van der Waals surface area contributed by atoms with E-state index >= 15 is 0 Å². The predicted octanol–water partition coefficient (Wildman–Crippen LogP) is 3.91. The van der Waals surface area contributed by atoms with Gasteiger partial charge in [0, 0.05) is 23.3 Å². The topological polar surface area (TPSA) is 131 Å². The summed E-state index contributed by atoms with van der Waals surface area (Å²) in [5.41, 5.74) is 1.97. The number of H-pyrrole nitrogens is 1. The number of pyridine rings is 1. The number of methoxy groups -OCH3 is 1. The van der Waals surface area contributed by atoms with E-state index in [-0.39, 0.29) is 22.3 Å². The zero-order valence-corrected chi connectivity index (χ0v) is 15.1. The van der Waals surface area contributed by atoms with Crippen molar-refractivity contribution in [2.75, 3.05) is 7.11 Å². The molecular weight excluding hydrogens is 376 g/mol. The highest BCUT2D eigenvalue weighted by Crippen LogP contribution is 2.33. The van der Waals surface area contributed by atoms with Gasteiger partial charge in [-0.1, -0.05) is 24.3 Å². The molecule has 2 aromatic carbocycles. The molecule has 0 unspecified atom stereocenters. The molecule has 0 fully saturated rings. The zero-order valence-electron chi connectivity index (χ0n) is 15.1. The summed E-state index contributed by atoms with van der Waals surface area (Å²) < 4.78 is 5.21. The first-order valence-corrected chi connectivity index (χ1v) is 8.49. The van der Waals surface area contributed by atoms with Gasteiger partial charge in [-0.3, -0.25) is 15.2 Å². The molecule has 2 aromatic heterocycles. The van der Waals surface area contributed by atoms with Crippen LogP contribution in [-0.4, -0.2) is 38.3 Å². The molecular formula is C20H14N4O5. The van der Waals surface area contributed by atoms with Gasteiger partial charge in [0.05, 0.1) is 34.4 Å². The number of aromatic nitrogens is 3. The lowest BCUT2D eigenvalue weighted by Gasteiger charge is -2.07. The molecule has 0 saturated carbocycles. The third-order valence-electron chi connectivity index (χ3n) is 4.47. The molecule has 0 aliphatic rings. The highest BCUT2D eigenvalue weighted by molar-refractivity contribution is 6.08. The molecule has 2 heterocycles. The number of hydrogen-bond acceptors (Lipinski definition) is 6. The number of rotatable bonds is 5. The van der Waals surface area contributed by atoms with E-state index in [4.69, 9.17) is 4.74 Å². The van der Waals surface area contributed by atoms with Crippen molar-refractivity contribution in [3.8, 4) is 28.3 Å². The van der Waals surface area contributed by atoms with Gasteiger partial charge < -0.3 is 9.84 Å². The van der Waals surface area contributed by atoms with Crippen LogP contribution in [-0.2, 0) is 0 Å². The van der Waals surface area contributed by atoms with Crippen molar-refractivity contribution in [3.05, 3.63) is 70.3 Å². The predicted molar refractivity (Wildman–Crippen MR) is 105 cm³/mol. The maximum absolute atomic E-state index is 12.0. The number of ether oxygens (including phenoxy) is 1. The van der Waals surface area contributed by atoms with Crippen molar-refractivity contribution in [2.24, 2.45) is 0 Å². The van der Waals surface area contributed by atoms with E-state index in [1.54, 1.807) is 30.3 Å². The Balaban J connectivity index is 1.93. The number of nitrogens with zero attached hydrogens (tertiary/aromatic N) is 3. The molecule has 0 radical (unpaired) electrons. The fourth-order valence-electron chi connectivity index (χ4n) is 3.11. The molecule has 0 saturated heterocycles. The van der Waals surface area contributed by atoms with Crippen LogP contribution in [0.5, 0.6) is 5.75 Å². The van der Waals surface area contributed by atoms with Crippen LogP contribution in [0.1, 0.15) is 10.4 Å². The number of hydrogen-bond donors (Lipinski definition) is 2. The monoisotopic (exact) mass is 390 g/mol. The van der Waals surface area contributed by atoms with Crippen molar-refractivity contribution >= 4 is 22.7 Å². The Morgan fingerprint density at radius 3 is 2.62 bits per heavy atom. The molecule has 29 heavy (non-hydrogen) atoms. The summed E-state index contributed by atoms with van der Waals surface area (Å²) in [4.78, 5) is 27.0. The molecule has 2 N–H and O–H groups in total. The molecule has 144 valence electrons. The minimum Gasteiger partial charge on any atom is -0.497 e. The van der Waals surface area contributed by atoms with Gasteiger partial charge in [-0.25, -0.2) is 9.78 Å². The van der Waals surface area contributed by atoms with Crippen molar-refractivity contribution in [1.82, 2.24) is 15.2 Å². The van der Waals surface area contributed by atoms with E-state index < -0.39 is 10.9 Å². The number of aromatic carboxylic acids is 1. The largest absolute Gasteiger partial charge is 0.497 e. The fourth-order valence-corrected chi connectivity index (χ4v) is 3.11. The van der Waals surface area contributed by atoms with Gasteiger partial charge in [0.2, 0.25) is 0 Å². The van der Waals surface area contributed by atoms with E-state index in [0.717, 1.165) is 0 Å². The summed E-state index contributed by atoms with van der Waals surface area (Å²) in [5.74, 6) is -0.546. The summed E-state index contributed by atoms with van der Waals surface area (Å²) in [7, 11) is 1.54. The van der Waals surface area contributed by atoms with Crippen LogP contribution in [0.15, 0.2) is 54.6 Å². The first-order valence-electron chi connectivity index (χ1n) is 8.49. The minimum absolute atomic E-state index is 0.0110. The number of nitro benzene ring substituents is 1. The number of carboxylic acids is 1. The number of carboxylic acid groups (broad SMARTS) is 1. The van der Waals surface area contributed by atoms with E-state index in [1.807, 2.05) is 0 Å². The van der Waals surface area contributed by atoms with Gasteiger partial charge in [0.25, 0.3) is 5.69 Å². The number of aromatic amines is 1. The number of benzene rings is 2. The van der Waals surface area contributed by atoms with Crippen LogP contribution in [0.2, 0.25) is 0 Å². The van der Waals surface area contributed by atoms with Crippen molar-refractivity contribution in [1.29, 1.82) is 0 Å². The highest BCUT2D eigenvalue weighted by Gasteiger charge is 2.21. The van der Waals surface area contributed by atoms with Crippen LogP contribution in [0, 0.1) is 10.1 Å². The second kappa shape index (κ2) is 7.04. The number of nitro groups is 1. The Hall–Kier alpha value is -4.27. The summed E-state index contributed by atoms with van der Waals surface area (Å²) in [6.45, 7) is 0. The van der Waals surface area contributed by atoms with Crippen molar-refractivity contribution < 1.29 is 19.6 Å². The van der Waals surface area contributed by atoms with E-state index in [2.05, 4.69) is 15.2 Å². The van der Waals surface area contributed by atoms with Crippen LogP contribution in [0.3, 0.4) is 0 Å². The van der Waals surface area contributed by atoms with Gasteiger partial charge in [0.1, 0.15) is 5.75 Å². The molecule has 4 rings (SSSR count). The molecule has 4 aromatic rings. The SMILES string of the molecule is COc1cccc(-c2cc(C(=O)O)c3c(-c4cccc([N+](=O)[O-])c4)[nH]nc3n2)c1. The Morgan fingerprint density at radius 1 is 1.14 bits per heavy atom. The number of non-ortho nitro benzene ring substituents is 1. The minimum atomic E-state index is -1.16. The molecule has 9 nitrogen and oxygen atoms in total. The number of fused-ring (bicyclic) bond motifs is 1. The second-order valence-corrected chi connectivity index (χ2v) is 6.20. The Morgan fingerprint density at radius 2 is 1.90 bits per heavy atom. The Bertz CT molecular complexity index is 1260. The molecule has 0 aliphatic carbocycles. The normalized spacial score (nSPS) is 10.8. The standard InChI is InChI=1S/C20H14N4O5/c1-29-14-7-3-4-11(9-14)16-10-15(20(25)26)17-18(22-23-19(17)21-16)12-5-2-6-13(8-12)24(27)28/h2-10H,1H3,(H,25,26)(H,21,22,23). The summed E-state index contributed by atoms with van der Waals surface area (Å²) in [5, 5.41) is 28.1.